The molecule has 1 heterocycles. The Morgan fingerprint density at radius 3 is 2.54 bits per heavy atom. The van der Waals surface area contributed by atoms with Crippen LogP contribution < -0.4 is 9.47 Å². The zero-order chi connectivity index (χ0) is 17.5. The molecule has 1 aromatic carbocycles. The van der Waals surface area contributed by atoms with Gasteiger partial charge in [0.2, 0.25) is 11.8 Å². The SMILES string of the molecule is CCCN1CC(=O)N(CCCOc2ccccc2OC)[C@H](C)C1=O. The lowest BCUT2D eigenvalue weighted by Gasteiger charge is -2.38. The zero-order valence-corrected chi connectivity index (χ0v) is 14.7. The summed E-state index contributed by atoms with van der Waals surface area (Å²) in [6.07, 6.45) is 1.52. The highest BCUT2D eigenvalue weighted by Gasteiger charge is 2.35. The third-order valence-corrected chi connectivity index (χ3v) is 4.15. The Morgan fingerprint density at radius 2 is 1.88 bits per heavy atom. The minimum Gasteiger partial charge on any atom is -0.493 e. The summed E-state index contributed by atoms with van der Waals surface area (Å²) in [6, 6.07) is 7.05. The summed E-state index contributed by atoms with van der Waals surface area (Å²) in [5.41, 5.74) is 0. The lowest BCUT2D eigenvalue weighted by Crippen LogP contribution is -2.59. The lowest BCUT2D eigenvalue weighted by molar-refractivity contribution is -0.155. The van der Waals surface area contributed by atoms with Gasteiger partial charge in [0.05, 0.1) is 20.3 Å². The van der Waals surface area contributed by atoms with Crippen molar-refractivity contribution in [2.45, 2.75) is 32.7 Å². The molecular formula is C18H26N2O4. The molecule has 0 radical (unpaired) electrons. The Hall–Kier alpha value is -2.24. The van der Waals surface area contributed by atoms with Crippen LogP contribution >= 0.6 is 0 Å². The fourth-order valence-corrected chi connectivity index (χ4v) is 2.88. The average molecular weight is 334 g/mol. The fraction of sp³-hybridized carbons (Fsp3) is 0.556. The molecule has 24 heavy (non-hydrogen) atoms. The first-order chi connectivity index (χ1) is 11.6. The van der Waals surface area contributed by atoms with E-state index in [1.54, 1.807) is 23.8 Å². The molecule has 0 bridgehead atoms. The van der Waals surface area contributed by atoms with Gasteiger partial charge < -0.3 is 19.3 Å². The van der Waals surface area contributed by atoms with E-state index in [9.17, 15) is 9.59 Å². The normalized spacial score (nSPS) is 18.0. The summed E-state index contributed by atoms with van der Waals surface area (Å²) in [7, 11) is 1.60. The smallest absolute Gasteiger partial charge is 0.245 e. The van der Waals surface area contributed by atoms with E-state index >= 15 is 0 Å². The minimum absolute atomic E-state index is 0.00726. The number of carbonyl (C=O) groups excluding carboxylic acids is 2. The number of piperazine rings is 1. The molecule has 1 saturated heterocycles. The van der Waals surface area contributed by atoms with E-state index in [4.69, 9.17) is 9.47 Å². The van der Waals surface area contributed by atoms with Crippen LogP contribution in [0.3, 0.4) is 0 Å². The minimum atomic E-state index is -0.399. The summed E-state index contributed by atoms with van der Waals surface area (Å²) in [5.74, 6) is 1.41. The van der Waals surface area contributed by atoms with Crippen molar-refractivity contribution in [2.75, 3.05) is 33.4 Å². The van der Waals surface area contributed by atoms with Crippen LogP contribution in [-0.4, -0.2) is 61.0 Å². The van der Waals surface area contributed by atoms with Gasteiger partial charge in [0.25, 0.3) is 0 Å². The number of rotatable bonds is 8. The van der Waals surface area contributed by atoms with Crippen LogP contribution in [0.1, 0.15) is 26.7 Å². The number of methoxy groups -OCH3 is 1. The Kier molecular flexibility index (Phi) is 6.46. The molecule has 1 aliphatic rings. The molecule has 1 atom stereocenters. The molecular weight excluding hydrogens is 308 g/mol. The molecule has 2 amide bonds. The molecule has 6 heteroatoms. The molecule has 6 nitrogen and oxygen atoms in total. The van der Waals surface area contributed by atoms with Crippen molar-refractivity contribution in [2.24, 2.45) is 0 Å². The number of ether oxygens (including phenoxy) is 2. The van der Waals surface area contributed by atoms with E-state index in [0.29, 0.717) is 37.6 Å². The average Bonchev–Trinajstić information content (AvgIpc) is 2.59. The van der Waals surface area contributed by atoms with Crippen LogP contribution in [0.25, 0.3) is 0 Å². The molecule has 0 saturated carbocycles. The number of nitrogens with zero attached hydrogens (tertiary/aromatic N) is 2. The summed E-state index contributed by atoms with van der Waals surface area (Å²) in [6.45, 7) is 5.60. The van der Waals surface area contributed by atoms with Crippen molar-refractivity contribution in [1.29, 1.82) is 0 Å². The van der Waals surface area contributed by atoms with Crippen molar-refractivity contribution in [1.82, 2.24) is 9.80 Å². The third kappa shape index (κ3) is 4.19. The topological polar surface area (TPSA) is 59.1 Å². The van der Waals surface area contributed by atoms with Gasteiger partial charge in [-0.15, -0.1) is 0 Å². The second-order valence-electron chi connectivity index (χ2n) is 5.88. The number of benzene rings is 1. The molecule has 0 unspecified atom stereocenters. The van der Waals surface area contributed by atoms with Gasteiger partial charge in [-0.2, -0.15) is 0 Å². The van der Waals surface area contributed by atoms with E-state index < -0.39 is 6.04 Å². The second-order valence-corrected chi connectivity index (χ2v) is 5.88. The highest BCUT2D eigenvalue weighted by Crippen LogP contribution is 2.25. The van der Waals surface area contributed by atoms with Gasteiger partial charge in [0, 0.05) is 13.1 Å². The van der Waals surface area contributed by atoms with Crippen LogP contribution in [0.15, 0.2) is 24.3 Å². The van der Waals surface area contributed by atoms with E-state index in [0.717, 1.165) is 6.42 Å². The standard InChI is InChI=1S/C18H26N2O4/c1-4-10-19-13-17(21)20(14(2)18(19)22)11-7-12-24-16-9-6-5-8-15(16)23-3/h5-6,8-9,14H,4,7,10-13H2,1-3H3/t14-/m1/s1. The Morgan fingerprint density at radius 1 is 1.17 bits per heavy atom. The highest BCUT2D eigenvalue weighted by molar-refractivity contribution is 5.94. The third-order valence-electron chi connectivity index (χ3n) is 4.15. The maximum absolute atomic E-state index is 12.3. The molecule has 0 aromatic heterocycles. The Bertz CT molecular complexity index is 576. The van der Waals surface area contributed by atoms with E-state index in [-0.39, 0.29) is 18.4 Å². The summed E-state index contributed by atoms with van der Waals surface area (Å²) >= 11 is 0. The molecule has 1 fully saturated rings. The number of carbonyl (C=O) groups is 2. The summed E-state index contributed by atoms with van der Waals surface area (Å²) in [4.78, 5) is 27.9. The monoisotopic (exact) mass is 334 g/mol. The van der Waals surface area contributed by atoms with Crippen molar-refractivity contribution in [3.63, 3.8) is 0 Å². The van der Waals surface area contributed by atoms with E-state index in [2.05, 4.69) is 0 Å². The summed E-state index contributed by atoms with van der Waals surface area (Å²) < 4.78 is 11.0. The van der Waals surface area contributed by atoms with Crippen molar-refractivity contribution >= 4 is 11.8 Å². The van der Waals surface area contributed by atoms with Crippen LogP contribution in [0.2, 0.25) is 0 Å². The first-order valence-corrected chi connectivity index (χ1v) is 8.42. The van der Waals surface area contributed by atoms with E-state index in [1.807, 2.05) is 31.2 Å². The van der Waals surface area contributed by atoms with Crippen LogP contribution in [0.5, 0.6) is 11.5 Å². The van der Waals surface area contributed by atoms with Crippen LogP contribution in [0, 0.1) is 0 Å². The van der Waals surface area contributed by atoms with Gasteiger partial charge in [-0.1, -0.05) is 19.1 Å². The van der Waals surface area contributed by atoms with E-state index in [1.165, 1.54) is 0 Å². The maximum Gasteiger partial charge on any atom is 0.245 e. The maximum atomic E-state index is 12.3. The van der Waals surface area contributed by atoms with Crippen LogP contribution in [-0.2, 0) is 9.59 Å². The second kappa shape index (κ2) is 8.57. The quantitative estimate of drug-likeness (QED) is 0.682. The predicted molar refractivity (Wildman–Crippen MR) is 91.2 cm³/mol. The van der Waals surface area contributed by atoms with Crippen molar-refractivity contribution < 1.29 is 19.1 Å². The predicted octanol–water partition coefficient (Wildman–Crippen LogP) is 1.93. The molecule has 0 spiro atoms. The Balaban J connectivity index is 1.83. The molecule has 132 valence electrons. The van der Waals surface area contributed by atoms with Gasteiger partial charge >= 0.3 is 0 Å². The van der Waals surface area contributed by atoms with Crippen molar-refractivity contribution in [3.05, 3.63) is 24.3 Å². The number of para-hydroxylation sites is 2. The fourth-order valence-electron chi connectivity index (χ4n) is 2.88. The van der Waals surface area contributed by atoms with Crippen molar-refractivity contribution in [3.8, 4) is 11.5 Å². The van der Waals surface area contributed by atoms with Crippen LogP contribution in [0.4, 0.5) is 0 Å². The molecule has 0 aliphatic carbocycles. The summed E-state index contributed by atoms with van der Waals surface area (Å²) in [5, 5.41) is 0. The zero-order valence-electron chi connectivity index (χ0n) is 14.7. The molecule has 0 N–H and O–H groups in total. The van der Waals surface area contributed by atoms with Gasteiger partial charge in [-0.3, -0.25) is 9.59 Å². The molecule has 1 aromatic rings. The van der Waals surface area contributed by atoms with Gasteiger partial charge in [0.15, 0.2) is 11.5 Å². The number of hydrogen-bond donors (Lipinski definition) is 0. The first-order valence-electron chi connectivity index (χ1n) is 8.42. The Labute approximate surface area is 143 Å². The van der Waals surface area contributed by atoms with Gasteiger partial charge in [0.1, 0.15) is 6.04 Å². The highest BCUT2D eigenvalue weighted by atomic mass is 16.5. The number of amides is 2. The number of hydrogen-bond acceptors (Lipinski definition) is 4. The lowest BCUT2D eigenvalue weighted by atomic mass is 10.1. The molecule has 1 aliphatic heterocycles. The molecule has 2 rings (SSSR count). The van der Waals surface area contributed by atoms with Gasteiger partial charge in [-0.25, -0.2) is 0 Å². The van der Waals surface area contributed by atoms with Gasteiger partial charge in [-0.05, 0) is 31.9 Å². The first kappa shape index (κ1) is 18.1. The largest absolute Gasteiger partial charge is 0.493 e.